The highest BCUT2D eigenvalue weighted by Gasteiger charge is 2.19. The molecule has 0 aliphatic heterocycles. The minimum Gasteiger partial charge on any atom is -0.462 e. The number of rotatable bonds is 38. The summed E-state index contributed by atoms with van der Waals surface area (Å²) in [4.78, 5) is 37.5. The van der Waals surface area contributed by atoms with Gasteiger partial charge in [-0.2, -0.15) is 0 Å². The molecule has 0 bridgehead atoms. The molecule has 0 saturated carbocycles. The molecule has 6 heteroatoms. The first-order valence-electron chi connectivity index (χ1n) is 21.2. The van der Waals surface area contributed by atoms with E-state index in [1.807, 2.05) is 0 Å². The van der Waals surface area contributed by atoms with E-state index in [0.29, 0.717) is 19.3 Å². The Morgan fingerprint density at radius 2 is 0.694 bits per heavy atom. The van der Waals surface area contributed by atoms with Gasteiger partial charge in [0.05, 0.1) is 0 Å². The fourth-order valence-electron chi connectivity index (χ4n) is 6.03. The molecular weight excluding hydrogens is 612 g/mol. The highest BCUT2D eigenvalue weighted by molar-refractivity contribution is 5.71. The molecule has 0 amide bonds. The lowest BCUT2D eigenvalue weighted by Crippen LogP contribution is -2.30. The molecule has 0 N–H and O–H groups in total. The van der Waals surface area contributed by atoms with Gasteiger partial charge in [-0.05, 0) is 38.5 Å². The van der Waals surface area contributed by atoms with Crippen molar-refractivity contribution in [3.8, 4) is 0 Å². The molecule has 0 spiro atoms. The van der Waals surface area contributed by atoms with E-state index in [9.17, 15) is 14.4 Å². The van der Waals surface area contributed by atoms with Gasteiger partial charge < -0.3 is 14.2 Å². The summed E-state index contributed by atoms with van der Waals surface area (Å²) in [6.45, 7) is 6.56. The van der Waals surface area contributed by atoms with Gasteiger partial charge >= 0.3 is 17.9 Å². The lowest BCUT2D eigenvalue weighted by molar-refractivity contribution is -0.167. The summed E-state index contributed by atoms with van der Waals surface area (Å²) < 4.78 is 16.6. The summed E-state index contributed by atoms with van der Waals surface area (Å²) in [5, 5.41) is 0. The second-order valence-electron chi connectivity index (χ2n) is 14.3. The Bertz CT molecular complexity index is 763. The van der Waals surface area contributed by atoms with Crippen LogP contribution in [0.15, 0.2) is 12.2 Å². The first kappa shape index (κ1) is 47.1. The quantitative estimate of drug-likeness (QED) is 0.0277. The first-order chi connectivity index (χ1) is 24.0. The molecule has 0 aliphatic carbocycles. The van der Waals surface area contributed by atoms with Crippen molar-refractivity contribution in [1.29, 1.82) is 0 Å². The zero-order chi connectivity index (χ0) is 35.9. The molecule has 0 saturated heterocycles. The SMILES string of the molecule is CCCCCC/C=C\CCCC(=O)OCC(COC(=O)CCCCCCCCCCCCC)OC(=O)CCCCCCCCCCCCC. The van der Waals surface area contributed by atoms with Crippen LogP contribution >= 0.6 is 0 Å². The van der Waals surface area contributed by atoms with Crippen LogP contribution in [0.1, 0.15) is 226 Å². The minimum atomic E-state index is -0.770. The standard InChI is InChI=1S/C43H80O6/c1-4-7-10-13-16-19-21-24-27-30-33-36-42(45)48-39-40(38-47-41(44)35-32-29-26-23-18-15-12-9-6-3)49-43(46)37-34-31-28-25-22-20-17-14-11-8-5-2/h23,26,40H,4-22,24-25,27-39H2,1-3H3/b26-23-. The van der Waals surface area contributed by atoms with E-state index >= 15 is 0 Å². The molecular formula is C43H80O6. The maximum absolute atomic E-state index is 12.6. The van der Waals surface area contributed by atoms with Crippen LogP contribution in [0.4, 0.5) is 0 Å². The maximum Gasteiger partial charge on any atom is 0.306 e. The monoisotopic (exact) mass is 693 g/mol. The highest BCUT2D eigenvalue weighted by Crippen LogP contribution is 2.14. The van der Waals surface area contributed by atoms with Crippen molar-refractivity contribution >= 4 is 17.9 Å². The van der Waals surface area contributed by atoms with Crippen molar-refractivity contribution in [2.45, 2.75) is 232 Å². The van der Waals surface area contributed by atoms with E-state index in [4.69, 9.17) is 14.2 Å². The molecule has 0 radical (unpaired) electrons. The Morgan fingerprint density at radius 3 is 1.10 bits per heavy atom. The molecule has 0 aliphatic rings. The van der Waals surface area contributed by atoms with Gasteiger partial charge in [0, 0.05) is 19.3 Å². The number of hydrogen-bond acceptors (Lipinski definition) is 6. The Labute approximate surface area is 303 Å². The van der Waals surface area contributed by atoms with Crippen molar-refractivity contribution in [3.63, 3.8) is 0 Å². The van der Waals surface area contributed by atoms with Crippen molar-refractivity contribution in [3.05, 3.63) is 12.2 Å². The molecule has 49 heavy (non-hydrogen) atoms. The second-order valence-corrected chi connectivity index (χ2v) is 14.3. The molecule has 0 rings (SSSR count). The smallest absolute Gasteiger partial charge is 0.306 e. The highest BCUT2D eigenvalue weighted by atomic mass is 16.6. The number of ether oxygens (including phenoxy) is 3. The summed E-state index contributed by atoms with van der Waals surface area (Å²) >= 11 is 0. The van der Waals surface area contributed by atoms with Crippen LogP contribution in [0.25, 0.3) is 0 Å². The third kappa shape index (κ3) is 37.2. The normalized spacial score (nSPS) is 12.0. The number of hydrogen-bond donors (Lipinski definition) is 0. The van der Waals surface area contributed by atoms with Crippen LogP contribution in [-0.4, -0.2) is 37.2 Å². The predicted octanol–water partition coefficient (Wildman–Crippen LogP) is 13.1. The van der Waals surface area contributed by atoms with Crippen molar-refractivity contribution < 1.29 is 28.6 Å². The summed E-state index contributed by atoms with van der Waals surface area (Å²) in [5.41, 5.74) is 0. The van der Waals surface area contributed by atoms with Gasteiger partial charge in [-0.1, -0.05) is 181 Å². The third-order valence-corrected chi connectivity index (χ3v) is 9.27. The molecule has 288 valence electrons. The van der Waals surface area contributed by atoms with Crippen LogP contribution in [-0.2, 0) is 28.6 Å². The summed E-state index contributed by atoms with van der Waals surface area (Å²) in [6.07, 6.45) is 39.1. The minimum absolute atomic E-state index is 0.0745. The Morgan fingerprint density at radius 1 is 0.388 bits per heavy atom. The molecule has 6 nitrogen and oxygen atoms in total. The van der Waals surface area contributed by atoms with Gasteiger partial charge in [0.15, 0.2) is 6.10 Å². The average molecular weight is 693 g/mol. The van der Waals surface area contributed by atoms with Crippen LogP contribution < -0.4 is 0 Å². The average Bonchev–Trinajstić information content (AvgIpc) is 3.10. The van der Waals surface area contributed by atoms with Crippen LogP contribution in [0.2, 0.25) is 0 Å². The van der Waals surface area contributed by atoms with Gasteiger partial charge in [-0.25, -0.2) is 0 Å². The Balaban J connectivity index is 4.37. The molecule has 0 aromatic carbocycles. The van der Waals surface area contributed by atoms with Crippen molar-refractivity contribution in [2.75, 3.05) is 13.2 Å². The molecule has 0 heterocycles. The van der Waals surface area contributed by atoms with Gasteiger partial charge in [0.1, 0.15) is 13.2 Å². The fraction of sp³-hybridized carbons (Fsp3) is 0.884. The number of esters is 3. The zero-order valence-electron chi connectivity index (χ0n) is 32.7. The maximum atomic E-state index is 12.6. The number of carbonyl (C=O) groups is 3. The Hall–Kier alpha value is -1.85. The third-order valence-electron chi connectivity index (χ3n) is 9.27. The van der Waals surface area contributed by atoms with Crippen LogP contribution in [0.5, 0.6) is 0 Å². The van der Waals surface area contributed by atoms with E-state index in [0.717, 1.165) is 57.8 Å². The van der Waals surface area contributed by atoms with Gasteiger partial charge in [-0.15, -0.1) is 0 Å². The first-order valence-corrected chi connectivity index (χ1v) is 21.2. The van der Waals surface area contributed by atoms with E-state index < -0.39 is 6.10 Å². The molecule has 0 aromatic rings. The van der Waals surface area contributed by atoms with Gasteiger partial charge in [0.25, 0.3) is 0 Å². The largest absolute Gasteiger partial charge is 0.462 e. The molecule has 0 aromatic heterocycles. The van der Waals surface area contributed by atoms with Gasteiger partial charge in [-0.3, -0.25) is 14.4 Å². The van der Waals surface area contributed by atoms with Crippen molar-refractivity contribution in [1.82, 2.24) is 0 Å². The van der Waals surface area contributed by atoms with E-state index in [-0.39, 0.29) is 31.1 Å². The number of carbonyl (C=O) groups excluding carboxylic acids is 3. The van der Waals surface area contributed by atoms with Crippen LogP contribution in [0, 0.1) is 0 Å². The van der Waals surface area contributed by atoms with Crippen molar-refractivity contribution in [2.24, 2.45) is 0 Å². The lowest BCUT2D eigenvalue weighted by Gasteiger charge is -2.18. The molecule has 1 atom stereocenters. The molecule has 0 fully saturated rings. The summed E-state index contributed by atoms with van der Waals surface area (Å²) in [6, 6.07) is 0. The topological polar surface area (TPSA) is 78.9 Å². The summed E-state index contributed by atoms with van der Waals surface area (Å²) in [7, 11) is 0. The van der Waals surface area contributed by atoms with Gasteiger partial charge in [0.2, 0.25) is 0 Å². The van der Waals surface area contributed by atoms with Crippen LogP contribution in [0.3, 0.4) is 0 Å². The second kappa shape index (κ2) is 38.9. The zero-order valence-corrected chi connectivity index (χ0v) is 32.7. The fourth-order valence-corrected chi connectivity index (χ4v) is 6.03. The van der Waals surface area contributed by atoms with E-state index in [2.05, 4.69) is 32.9 Å². The summed E-state index contributed by atoms with van der Waals surface area (Å²) in [5.74, 6) is -0.910. The lowest BCUT2D eigenvalue weighted by atomic mass is 10.1. The van der Waals surface area contributed by atoms with E-state index in [1.165, 1.54) is 128 Å². The molecule has 1 unspecified atom stereocenters. The van der Waals surface area contributed by atoms with E-state index in [1.54, 1.807) is 0 Å². The predicted molar refractivity (Wildman–Crippen MR) is 206 cm³/mol. The Kier molecular flexibility index (Phi) is 37.5. The number of allylic oxidation sites excluding steroid dienone is 2. The number of unbranched alkanes of at least 4 members (excludes halogenated alkanes) is 25.